The maximum Gasteiger partial charge on any atom is 0.235 e. The van der Waals surface area contributed by atoms with Crippen LogP contribution in [-0.2, 0) is 4.79 Å². The van der Waals surface area contributed by atoms with Gasteiger partial charge in [0, 0.05) is 24.6 Å². The minimum Gasteiger partial charge on any atom is -0.368 e. The van der Waals surface area contributed by atoms with Gasteiger partial charge in [0.25, 0.3) is 0 Å². The maximum atomic E-state index is 11.9. The van der Waals surface area contributed by atoms with Crippen molar-refractivity contribution in [3.8, 4) is 0 Å². The quantitative estimate of drug-likeness (QED) is 0.717. The van der Waals surface area contributed by atoms with E-state index in [0.29, 0.717) is 13.0 Å². The lowest BCUT2D eigenvalue weighted by atomic mass is 10.2. The lowest BCUT2D eigenvalue weighted by Gasteiger charge is -2.32. The number of halogens is 1. The molecule has 0 aromatic carbocycles. The highest BCUT2D eigenvalue weighted by Gasteiger charge is 2.26. The van der Waals surface area contributed by atoms with Gasteiger partial charge in [-0.05, 0) is 6.42 Å². The highest BCUT2D eigenvalue weighted by atomic mass is 32.2. The van der Waals surface area contributed by atoms with Gasteiger partial charge >= 0.3 is 0 Å². The van der Waals surface area contributed by atoms with Crippen molar-refractivity contribution in [3.63, 3.8) is 0 Å². The molecule has 0 radical (unpaired) electrons. The Morgan fingerprint density at radius 2 is 2.46 bits per heavy atom. The molecule has 0 unspecified atom stereocenters. The largest absolute Gasteiger partial charge is 0.368 e. The predicted molar refractivity (Wildman–Crippen MR) is 52.5 cm³/mol. The molecule has 5 heteroatoms. The van der Waals surface area contributed by atoms with E-state index in [0.717, 1.165) is 18.1 Å². The molecule has 0 bridgehead atoms. The minimum atomic E-state index is -0.324. The van der Waals surface area contributed by atoms with Crippen molar-refractivity contribution < 1.29 is 9.18 Å². The monoisotopic (exact) mass is 206 g/mol. The first-order chi connectivity index (χ1) is 6.25. The fraction of sp³-hybridized carbons (Fsp3) is 0.875. The van der Waals surface area contributed by atoms with E-state index < -0.39 is 0 Å². The number of hydrogen-bond donors (Lipinski definition) is 1. The van der Waals surface area contributed by atoms with Crippen LogP contribution in [0.25, 0.3) is 0 Å². The molecule has 3 nitrogen and oxygen atoms in total. The van der Waals surface area contributed by atoms with Crippen LogP contribution in [0.4, 0.5) is 4.39 Å². The van der Waals surface area contributed by atoms with Gasteiger partial charge in [-0.25, -0.2) is 0 Å². The summed E-state index contributed by atoms with van der Waals surface area (Å²) in [7, 11) is 0. The van der Waals surface area contributed by atoms with Crippen LogP contribution in [-0.4, -0.2) is 48.1 Å². The maximum absolute atomic E-state index is 11.9. The summed E-state index contributed by atoms with van der Waals surface area (Å²) in [6.07, 6.45) is 0.494. The Morgan fingerprint density at radius 3 is 3.08 bits per heavy atom. The van der Waals surface area contributed by atoms with E-state index in [2.05, 4.69) is 0 Å². The van der Waals surface area contributed by atoms with Crippen molar-refractivity contribution in [2.24, 2.45) is 5.73 Å². The first-order valence-electron chi connectivity index (χ1n) is 4.42. The standard InChI is InChI=1S/C8H15FN2OS/c9-2-1-3-11-4-5-13-6-7(11)8(10)12/h7H,1-6H2,(H2,10,12)/t7-/m0/s1. The number of primary amides is 1. The smallest absolute Gasteiger partial charge is 0.235 e. The third kappa shape index (κ3) is 3.15. The molecule has 1 amide bonds. The second-order valence-electron chi connectivity index (χ2n) is 3.07. The van der Waals surface area contributed by atoms with Gasteiger partial charge in [0.05, 0.1) is 12.7 Å². The van der Waals surface area contributed by atoms with Crippen LogP contribution >= 0.6 is 11.8 Å². The molecule has 2 N–H and O–H groups in total. The fourth-order valence-corrected chi connectivity index (χ4v) is 2.56. The molecule has 76 valence electrons. The van der Waals surface area contributed by atoms with Crippen LogP contribution in [0.2, 0.25) is 0 Å². The van der Waals surface area contributed by atoms with E-state index in [-0.39, 0.29) is 18.6 Å². The Morgan fingerprint density at radius 1 is 1.69 bits per heavy atom. The number of rotatable bonds is 4. The zero-order valence-corrected chi connectivity index (χ0v) is 8.36. The average molecular weight is 206 g/mol. The summed E-state index contributed by atoms with van der Waals surface area (Å²) in [4.78, 5) is 13.0. The van der Waals surface area contributed by atoms with Crippen molar-refractivity contribution in [2.45, 2.75) is 12.5 Å². The van der Waals surface area contributed by atoms with Gasteiger partial charge in [-0.1, -0.05) is 0 Å². The van der Waals surface area contributed by atoms with Gasteiger partial charge in [-0.3, -0.25) is 14.1 Å². The first-order valence-corrected chi connectivity index (χ1v) is 5.58. The third-order valence-electron chi connectivity index (χ3n) is 2.15. The van der Waals surface area contributed by atoms with Crippen LogP contribution in [0.3, 0.4) is 0 Å². The highest BCUT2D eigenvalue weighted by molar-refractivity contribution is 7.99. The molecule has 1 atom stereocenters. The fourth-order valence-electron chi connectivity index (χ4n) is 1.43. The molecule has 0 aliphatic carbocycles. The molecule has 1 aliphatic heterocycles. The SMILES string of the molecule is NC(=O)[C@@H]1CSCCN1CCCF. The number of nitrogens with two attached hydrogens (primary N) is 1. The van der Waals surface area contributed by atoms with Gasteiger partial charge in [-0.15, -0.1) is 0 Å². The minimum absolute atomic E-state index is 0.190. The molecule has 0 aromatic rings. The molecule has 1 heterocycles. The normalized spacial score (nSPS) is 24.5. The van der Waals surface area contributed by atoms with Gasteiger partial charge in [0.2, 0.25) is 5.91 Å². The lowest BCUT2D eigenvalue weighted by molar-refractivity contribution is -0.122. The summed E-state index contributed by atoms with van der Waals surface area (Å²) in [6.45, 7) is 1.16. The van der Waals surface area contributed by atoms with Crippen LogP contribution in [0.15, 0.2) is 0 Å². The van der Waals surface area contributed by atoms with Crippen molar-refractivity contribution in [1.29, 1.82) is 0 Å². The van der Waals surface area contributed by atoms with Crippen LogP contribution in [0.1, 0.15) is 6.42 Å². The summed E-state index contributed by atoms with van der Waals surface area (Å²) in [6, 6.07) is -0.190. The lowest BCUT2D eigenvalue weighted by Crippen LogP contribution is -2.50. The van der Waals surface area contributed by atoms with Crippen LogP contribution in [0.5, 0.6) is 0 Å². The number of carbonyl (C=O) groups is 1. The molecule has 0 spiro atoms. The van der Waals surface area contributed by atoms with E-state index in [1.165, 1.54) is 0 Å². The second kappa shape index (κ2) is 5.44. The van der Waals surface area contributed by atoms with E-state index in [4.69, 9.17) is 5.73 Å². The Kier molecular flexibility index (Phi) is 4.52. The van der Waals surface area contributed by atoms with E-state index in [1.54, 1.807) is 11.8 Å². The second-order valence-corrected chi connectivity index (χ2v) is 4.22. The summed E-state index contributed by atoms with van der Waals surface area (Å²) in [5.74, 6) is 1.48. The van der Waals surface area contributed by atoms with Crippen LogP contribution in [0, 0.1) is 0 Å². The number of nitrogens with zero attached hydrogens (tertiary/aromatic N) is 1. The molecular formula is C8H15FN2OS. The summed E-state index contributed by atoms with van der Waals surface area (Å²) < 4.78 is 11.9. The summed E-state index contributed by atoms with van der Waals surface area (Å²) in [5.41, 5.74) is 5.24. The molecule has 1 fully saturated rings. The molecular weight excluding hydrogens is 191 g/mol. The van der Waals surface area contributed by atoms with Gasteiger partial charge in [0.15, 0.2) is 0 Å². The molecule has 1 rings (SSSR count). The van der Waals surface area contributed by atoms with E-state index >= 15 is 0 Å². The molecule has 13 heavy (non-hydrogen) atoms. The molecule has 0 saturated carbocycles. The van der Waals surface area contributed by atoms with Gasteiger partial charge in [-0.2, -0.15) is 11.8 Å². The number of hydrogen-bond acceptors (Lipinski definition) is 3. The van der Waals surface area contributed by atoms with Crippen molar-refractivity contribution >= 4 is 17.7 Å². The zero-order chi connectivity index (χ0) is 9.68. The number of amides is 1. The third-order valence-corrected chi connectivity index (χ3v) is 3.17. The van der Waals surface area contributed by atoms with Gasteiger partial charge < -0.3 is 5.73 Å². The van der Waals surface area contributed by atoms with Crippen molar-refractivity contribution in [2.75, 3.05) is 31.3 Å². The molecule has 0 aromatic heterocycles. The van der Waals surface area contributed by atoms with Crippen molar-refractivity contribution in [1.82, 2.24) is 4.90 Å². The topological polar surface area (TPSA) is 46.3 Å². The van der Waals surface area contributed by atoms with Crippen molar-refractivity contribution in [3.05, 3.63) is 0 Å². The first kappa shape index (κ1) is 10.8. The Hall–Kier alpha value is -0.290. The van der Waals surface area contributed by atoms with Crippen LogP contribution < -0.4 is 5.73 Å². The summed E-state index contributed by atoms with van der Waals surface area (Å²) >= 11 is 1.73. The Labute approximate surface area is 81.8 Å². The molecule has 1 saturated heterocycles. The average Bonchev–Trinajstić information content (AvgIpc) is 2.15. The van der Waals surface area contributed by atoms with E-state index in [9.17, 15) is 9.18 Å². The Balaban J connectivity index is 2.41. The Bertz CT molecular complexity index is 180. The number of alkyl halides is 1. The van der Waals surface area contributed by atoms with E-state index in [1.807, 2.05) is 4.90 Å². The van der Waals surface area contributed by atoms with Gasteiger partial charge in [0.1, 0.15) is 0 Å². The number of thioether (sulfide) groups is 1. The predicted octanol–water partition coefficient (Wildman–Crippen LogP) is 0.249. The highest BCUT2D eigenvalue weighted by Crippen LogP contribution is 2.16. The number of carbonyl (C=O) groups excluding carboxylic acids is 1. The zero-order valence-electron chi connectivity index (χ0n) is 7.54. The molecule has 1 aliphatic rings. The summed E-state index contributed by atoms with van der Waals surface area (Å²) in [5, 5.41) is 0.